The van der Waals surface area contributed by atoms with Crippen LogP contribution in [0.1, 0.15) is 17.0 Å². The lowest BCUT2D eigenvalue weighted by molar-refractivity contribution is -0.135. The summed E-state index contributed by atoms with van der Waals surface area (Å²) in [5, 5.41) is 0. The van der Waals surface area contributed by atoms with Crippen LogP contribution >= 0.6 is 0 Å². The molecule has 0 aliphatic heterocycles. The van der Waals surface area contributed by atoms with E-state index in [1.807, 2.05) is 60.7 Å². The number of carbonyl (C=O) groups excluding carboxylic acids is 1. The van der Waals surface area contributed by atoms with Crippen LogP contribution in [0.2, 0.25) is 0 Å². The number of benzene rings is 3. The van der Waals surface area contributed by atoms with Crippen molar-refractivity contribution >= 4 is 5.97 Å². The van der Waals surface area contributed by atoms with Gasteiger partial charge in [-0.3, -0.25) is 4.79 Å². The highest BCUT2D eigenvalue weighted by molar-refractivity contribution is 5.84. The molecule has 0 aliphatic carbocycles. The molecule has 4 heteroatoms. The first kappa shape index (κ1) is 17.5. The molecule has 0 saturated carbocycles. The summed E-state index contributed by atoms with van der Waals surface area (Å²) < 4.78 is 16.1. The number of rotatable bonds is 6. The molecule has 0 saturated heterocycles. The van der Waals surface area contributed by atoms with Crippen molar-refractivity contribution in [2.45, 2.75) is 5.92 Å². The van der Waals surface area contributed by atoms with E-state index in [0.717, 1.165) is 11.1 Å². The monoisotopic (exact) mass is 348 g/mol. The summed E-state index contributed by atoms with van der Waals surface area (Å²) in [4.78, 5) is 13.0. The second kappa shape index (κ2) is 8.21. The molecule has 132 valence electrons. The normalized spacial score (nSPS) is 10.4. The summed E-state index contributed by atoms with van der Waals surface area (Å²) in [7, 11) is 3.11. The summed E-state index contributed by atoms with van der Waals surface area (Å²) in [5.41, 5.74) is 1.75. The number of ether oxygens (including phenoxy) is 3. The van der Waals surface area contributed by atoms with Gasteiger partial charge < -0.3 is 14.2 Å². The third-order valence-electron chi connectivity index (χ3n) is 4.04. The van der Waals surface area contributed by atoms with Crippen LogP contribution < -0.4 is 14.2 Å². The third kappa shape index (κ3) is 4.03. The van der Waals surface area contributed by atoms with Gasteiger partial charge in [0, 0.05) is 18.2 Å². The standard InChI is InChI=1S/C22H20O4/c1-24-18-13-19(25-2)15-20(14-18)26-22(23)21(16-9-5-3-6-10-16)17-11-7-4-8-12-17/h3-15,21H,1-2H3. The number of esters is 1. The molecule has 0 spiro atoms. The van der Waals surface area contributed by atoms with E-state index in [1.54, 1.807) is 32.4 Å². The van der Waals surface area contributed by atoms with Gasteiger partial charge in [-0.05, 0) is 11.1 Å². The molecular formula is C22H20O4. The molecule has 0 bridgehead atoms. The fourth-order valence-electron chi connectivity index (χ4n) is 2.77. The Kier molecular flexibility index (Phi) is 5.54. The molecule has 0 radical (unpaired) electrons. The summed E-state index contributed by atoms with van der Waals surface area (Å²) >= 11 is 0. The zero-order valence-corrected chi connectivity index (χ0v) is 14.7. The second-order valence-electron chi connectivity index (χ2n) is 5.72. The van der Waals surface area contributed by atoms with E-state index in [0.29, 0.717) is 17.2 Å². The van der Waals surface area contributed by atoms with Crippen LogP contribution in [0.3, 0.4) is 0 Å². The minimum atomic E-state index is -0.519. The van der Waals surface area contributed by atoms with Gasteiger partial charge in [-0.25, -0.2) is 0 Å². The average Bonchev–Trinajstić information content (AvgIpc) is 2.69. The summed E-state index contributed by atoms with van der Waals surface area (Å²) in [6.45, 7) is 0. The van der Waals surface area contributed by atoms with Gasteiger partial charge in [0.15, 0.2) is 0 Å². The smallest absolute Gasteiger partial charge is 0.323 e. The molecule has 3 aromatic rings. The Balaban J connectivity index is 1.94. The molecule has 0 fully saturated rings. The summed E-state index contributed by atoms with van der Waals surface area (Å²) in [6, 6.07) is 24.2. The van der Waals surface area contributed by atoms with Crippen molar-refractivity contribution in [3.8, 4) is 17.2 Å². The lowest BCUT2D eigenvalue weighted by Gasteiger charge is -2.17. The summed E-state index contributed by atoms with van der Waals surface area (Å²) in [6.07, 6.45) is 0. The van der Waals surface area contributed by atoms with E-state index >= 15 is 0 Å². The zero-order chi connectivity index (χ0) is 18.4. The molecule has 0 heterocycles. The van der Waals surface area contributed by atoms with Crippen molar-refractivity contribution in [1.29, 1.82) is 0 Å². The van der Waals surface area contributed by atoms with Gasteiger partial charge in [-0.1, -0.05) is 60.7 Å². The largest absolute Gasteiger partial charge is 0.496 e. The van der Waals surface area contributed by atoms with Crippen molar-refractivity contribution in [1.82, 2.24) is 0 Å². The number of methoxy groups -OCH3 is 2. The minimum absolute atomic E-state index is 0.363. The molecule has 0 amide bonds. The first-order valence-corrected chi connectivity index (χ1v) is 8.26. The number of carbonyl (C=O) groups is 1. The van der Waals surface area contributed by atoms with Crippen molar-refractivity contribution in [2.24, 2.45) is 0 Å². The van der Waals surface area contributed by atoms with Crippen LogP contribution in [-0.2, 0) is 4.79 Å². The topological polar surface area (TPSA) is 44.8 Å². The van der Waals surface area contributed by atoms with Crippen molar-refractivity contribution in [3.63, 3.8) is 0 Å². The highest BCUT2D eigenvalue weighted by Crippen LogP contribution is 2.31. The second-order valence-corrected chi connectivity index (χ2v) is 5.72. The Hall–Kier alpha value is -3.27. The van der Waals surface area contributed by atoms with Gasteiger partial charge in [0.2, 0.25) is 0 Å². The average molecular weight is 348 g/mol. The predicted octanol–water partition coefficient (Wildman–Crippen LogP) is 4.44. The zero-order valence-electron chi connectivity index (χ0n) is 14.7. The molecule has 4 nitrogen and oxygen atoms in total. The molecule has 0 aliphatic rings. The Labute approximate surface area is 153 Å². The van der Waals surface area contributed by atoms with E-state index < -0.39 is 5.92 Å². The van der Waals surface area contributed by atoms with Gasteiger partial charge >= 0.3 is 5.97 Å². The maximum Gasteiger partial charge on any atom is 0.323 e. The fraction of sp³-hybridized carbons (Fsp3) is 0.136. The van der Waals surface area contributed by atoms with Gasteiger partial charge in [0.1, 0.15) is 23.2 Å². The van der Waals surface area contributed by atoms with E-state index in [4.69, 9.17) is 14.2 Å². The lowest BCUT2D eigenvalue weighted by Crippen LogP contribution is -2.20. The Morgan fingerprint density at radius 2 is 1.12 bits per heavy atom. The van der Waals surface area contributed by atoms with E-state index in [9.17, 15) is 4.79 Å². The Bertz CT molecular complexity index is 798. The van der Waals surface area contributed by atoms with E-state index in [-0.39, 0.29) is 5.97 Å². The Morgan fingerprint density at radius 3 is 1.54 bits per heavy atom. The van der Waals surface area contributed by atoms with Gasteiger partial charge in [0.25, 0.3) is 0 Å². The van der Waals surface area contributed by atoms with Crippen molar-refractivity contribution < 1.29 is 19.0 Å². The van der Waals surface area contributed by atoms with Crippen LogP contribution in [0.25, 0.3) is 0 Å². The van der Waals surface area contributed by atoms with Crippen LogP contribution in [0.5, 0.6) is 17.2 Å². The molecule has 3 aromatic carbocycles. The van der Waals surface area contributed by atoms with E-state index in [2.05, 4.69) is 0 Å². The van der Waals surface area contributed by atoms with Crippen LogP contribution in [0.15, 0.2) is 78.9 Å². The molecule has 26 heavy (non-hydrogen) atoms. The fourth-order valence-corrected chi connectivity index (χ4v) is 2.77. The maximum absolute atomic E-state index is 13.0. The lowest BCUT2D eigenvalue weighted by atomic mass is 9.91. The van der Waals surface area contributed by atoms with Gasteiger partial charge in [-0.2, -0.15) is 0 Å². The van der Waals surface area contributed by atoms with Crippen LogP contribution in [0, 0.1) is 0 Å². The van der Waals surface area contributed by atoms with Crippen molar-refractivity contribution in [3.05, 3.63) is 90.0 Å². The van der Waals surface area contributed by atoms with E-state index in [1.165, 1.54) is 0 Å². The molecule has 0 atom stereocenters. The number of hydrogen-bond donors (Lipinski definition) is 0. The highest BCUT2D eigenvalue weighted by atomic mass is 16.5. The van der Waals surface area contributed by atoms with Crippen LogP contribution in [0.4, 0.5) is 0 Å². The first-order chi connectivity index (χ1) is 12.7. The van der Waals surface area contributed by atoms with Gasteiger partial charge in [-0.15, -0.1) is 0 Å². The predicted molar refractivity (Wildman–Crippen MR) is 99.9 cm³/mol. The minimum Gasteiger partial charge on any atom is -0.496 e. The third-order valence-corrected chi connectivity index (χ3v) is 4.04. The Morgan fingerprint density at radius 1 is 0.692 bits per heavy atom. The van der Waals surface area contributed by atoms with Gasteiger partial charge in [0.05, 0.1) is 14.2 Å². The molecule has 3 rings (SSSR count). The molecule has 0 aromatic heterocycles. The SMILES string of the molecule is COc1cc(OC)cc(OC(=O)C(c2ccccc2)c2ccccc2)c1. The highest BCUT2D eigenvalue weighted by Gasteiger charge is 2.25. The molecule has 0 unspecified atom stereocenters. The first-order valence-electron chi connectivity index (χ1n) is 8.26. The van der Waals surface area contributed by atoms with Crippen LogP contribution in [-0.4, -0.2) is 20.2 Å². The quantitative estimate of drug-likeness (QED) is 0.488. The molecule has 0 N–H and O–H groups in total. The summed E-state index contributed by atoms with van der Waals surface area (Å²) in [5.74, 6) is 0.613. The number of hydrogen-bond acceptors (Lipinski definition) is 4. The maximum atomic E-state index is 13.0. The molecular weight excluding hydrogens is 328 g/mol. The van der Waals surface area contributed by atoms with Crippen molar-refractivity contribution in [2.75, 3.05) is 14.2 Å².